The molecule has 1 aromatic carbocycles. The van der Waals surface area contributed by atoms with Gasteiger partial charge in [0, 0.05) is 19.4 Å². The van der Waals surface area contributed by atoms with Crippen molar-refractivity contribution in [3.8, 4) is 11.5 Å². The van der Waals surface area contributed by atoms with Crippen LogP contribution in [0.1, 0.15) is 18.4 Å². The molecule has 0 spiro atoms. The number of nitrogens with two attached hydrogens (primary N) is 1. The molecular formula is C14H20N2O4. The zero-order chi connectivity index (χ0) is 15.0. The van der Waals surface area contributed by atoms with E-state index in [9.17, 15) is 9.59 Å². The molecule has 0 saturated carbocycles. The molecule has 0 radical (unpaired) electrons. The van der Waals surface area contributed by atoms with Gasteiger partial charge >= 0.3 is 0 Å². The van der Waals surface area contributed by atoms with Crippen molar-refractivity contribution in [1.29, 1.82) is 0 Å². The van der Waals surface area contributed by atoms with Crippen LogP contribution in [0, 0.1) is 0 Å². The molecule has 6 heteroatoms. The lowest BCUT2D eigenvalue weighted by Gasteiger charge is -2.10. The maximum absolute atomic E-state index is 11.4. The molecule has 110 valence electrons. The van der Waals surface area contributed by atoms with Crippen LogP contribution in [-0.4, -0.2) is 32.6 Å². The van der Waals surface area contributed by atoms with Crippen LogP contribution >= 0.6 is 0 Å². The van der Waals surface area contributed by atoms with Gasteiger partial charge in [0.1, 0.15) is 0 Å². The van der Waals surface area contributed by atoms with Crippen molar-refractivity contribution in [3.63, 3.8) is 0 Å². The van der Waals surface area contributed by atoms with Gasteiger partial charge in [0.2, 0.25) is 11.8 Å². The standard InChI is InChI=1S/C14H20N2O4/c1-19-11-4-3-10(9-12(11)20-2)7-8-16-14(18)6-5-13(15)17/h3-4,9H,5-8H2,1-2H3,(H2,15,17)(H,16,18). The van der Waals surface area contributed by atoms with Gasteiger partial charge in [-0.2, -0.15) is 0 Å². The number of nitrogens with one attached hydrogen (secondary N) is 1. The van der Waals surface area contributed by atoms with Gasteiger partial charge in [-0.15, -0.1) is 0 Å². The van der Waals surface area contributed by atoms with E-state index >= 15 is 0 Å². The van der Waals surface area contributed by atoms with Crippen molar-refractivity contribution in [1.82, 2.24) is 5.32 Å². The number of hydrogen-bond donors (Lipinski definition) is 2. The van der Waals surface area contributed by atoms with Crippen LogP contribution < -0.4 is 20.5 Å². The first-order valence-corrected chi connectivity index (χ1v) is 6.32. The monoisotopic (exact) mass is 280 g/mol. The number of carbonyl (C=O) groups excluding carboxylic acids is 2. The Balaban J connectivity index is 2.42. The van der Waals surface area contributed by atoms with Gasteiger partial charge in [-0.3, -0.25) is 9.59 Å². The molecule has 0 aliphatic rings. The summed E-state index contributed by atoms with van der Waals surface area (Å²) < 4.78 is 10.4. The van der Waals surface area contributed by atoms with Crippen LogP contribution in [0.15, 0.2) is 18.2 Å². The third-order valence-corrected chi connectivity index (χ3v) is 2.78. The Morgan fingerprint density at radius 2 is 1.85 bits per heavy atom. The molecule has 0 fully saturated rings. The fourth-order valence-corrected chi connectivity index (χ4v) is 1.71. The highest BCUT2D eigenvalue weighted by molar-refractivity contribution is 5.82. The van der Waals surface area contributed by atoms with Crippen LogP contribution in [0.25, 0.3) is 0 Å². The predicted octanol–water partition coefficient (Wildman–Crippen LogP) is 0.628. The second-order valence-electron chi connectivity index (χ2n) is 4.26. The Morgan fingerprint density at radius 1 is 1.15 bits per heavy atom. The molecule has 1 aromatic rings. The molecule has 0 atom stereocenters. The minimum atomic E-state index is -0.472. The zero-order valence-corrected chi connectivity index (χ0v) is 11.8. The largest absolute Gasteiger partial charge is 0.493 e. The second kappa shape index (κ2) is 8.04. The van der Waals surface area contributed by atoms with Gasteiger partial charge in [0.05, 0.1) is 14.2 Å². The van der Waals surface area contributed by atoms with Gasteiger partial charge in [0.15, 0.2) is 11.5 Å². The molecule has 3 N–H and O–H groups in total. The van der Waals surface area contributed by atoms with E-state index in [1.165, 1.54) is 0 Å². The van der Waals surface area contributed by atoms with E-state index in [0.717, 1.165) is 5.56 Å². The Bertz CT molecular complexity index is 474. The summed E-state index contributed by atoms with van der Waals surface area (Å²) in [5.41, 5.74) is 6.00. The van der Waals surface area contributed by atoms with Crippen LogP contribution in [-0.2, 0) is 16.0 Å². The molecule has 0 aliphatic heterocycles. The van der Waals surface area contributed by atoms with Gasteiger partial charge in [-0.1, -0.05) is 6.07 Å². The molecule has 0 aliphatic carbocycles. The fourth-order valence-electron chi connectivity index (χ4n) is 1.71. The molecule has 6 nitrogen and oxygen atoms in total. The average molecular weight is 280 g/mol. The van der Waals surface area contributed by atoms with E-state index in [2.05, 4.69) is 5.32 Å². The molecule has 0 saturated heterocycles. The van der Waals surface area contributed by atoms with Crippen LogP contribution in [0.5, 0.6) is 11.5 Å². The first-order chi connectivity index (χ1) is 9.56. The summed E-state index contributed by atoms with van der Waals surface area (Å²) in [7, 11) is 3.16. The second-order valence-corrected chi connectivity index (χ2v) is 4.26. The third-order valence-electron chi connectivity index (χ3n) is 2.78. The van der Waals surface area contributed by atoms with Gasteiger partial charge < -0.3 is 20.5 Å². The van der Waals surface area contributed by atoms with E-state index in [1.807, 2.05) is 18.2 Å². The molecule has 0 bridgehead atoms. The lowest BCUT2D eigenvalue weighted by Crippen LogP contribution is -2.26. The first kappa shape index (κ1) is 15.8. The van der Waals surface area contributed by atoms with Crippen molar-refractivity contribution >= 4 is 11.8 Å². The number of methoxy groups -OCH3 is 2. The Morgan fingerprint density at radius 3 is 2.45 bits per heavy atom. The summed E-state index contributed by atoms with van der Waals surface area (Å²) >= 11 is 0. The van der Waals surface area contributed by atoms with Gasteiger partial charge in [0.25, 0.3) is 0 Å². The summed E-state index contributed by atoms with van der Waals surface area (Å²) in [6.07, 6.45) is 0.867. The molecule has 2 amide bonds. The third kappa shape index (κ3) is 5.17. The lowest BCUT2D eigenvalue weighted by molar-refractivity contribution is -0.125. The van der Waals surface area contributed by atoms with Crippen molar-refractivity contribution in [2.45, 2.75) is 19.3 Å². The van der Waals surface area contributed by atoms with E-state index in [0.29, 0.717) is 24.5 Å². The number of benzene rings is 1. The maximum Gasteiger partial charge on any atom is 0.220 e. The van der Waals surface area contributed by atoms with Crippen molar-refractivity contribution < 1.29 is 19.1 Å². The Kier molecular flexibility index (Phi) is 6.36. The summed E-state index contributed by atoms with van der Waals surface area (Å²) in [4.78, 5) is 21.9. The average Bonchev–Trinajstić information content (AvgIpc) is 2.44. The smallest absolute Gasteiger partial charge is 0.220 e. The Labute approximate surface area is 118 Å². The Hall–Kier alpha value is -2.24. The van der Waals surface area contributed by atoms with Gasteiger partial charge in [-0.25, -0.2) is 0 Å². The molecule has 0 heterocycles. The van der Waals surface area contributed by atoms with Crippen LogP contribution in [0.4, 0.5) is 0 Å². The topological polar surface area (TPSA) is 90.6 Å². The van der Waals surface area contributed by atoms with E-state index < -0.39 is 5.91 Å². The van der Waals surface area contributed by atoms with Crippen molar-refractivity contribution in [2.24, 2.45) is 5.73 Å². The van der Waals surface area contributed by atoms with Gasteiger partial charge in [-0.05, 0) is 24.1 Å². The maximum atomic E-state index is 11.4. The highest BCUT2D eigenvalue weighted by Crippen LogP contribution is 2.27. The summed E-state index contributed by atoms with van der Waals surface area (Å²) in [5, 5.41) is 2.73. The number of rotatable bonds is 8. The normalized spacial score (nSPS) is 9.90. The quantitative estimate of drug-likeness (QED) is 0.730. The van der Waals surface area contributed by atoms with E-state index in [-0.39, 0.29) is 18.7 Å². The van der Waals surface area contributed by atoms with Crippen molar-refractivity contribution in [2.75, 3.05) is 20.8 Å². The molecule has 0 unspecified atom stereocenters. The predicted molar refractivity (Wildman–Crippen MR) is 74.7 cm³/mol. The van der Waals surface area contributed by atoms with Crippen molar-refractivity contribution in [3.05, 3.63) is 23.8 Å². The SMILES string of the molecule is COc1ccc(CCNC(=O)CCC(N)=O)cc1OC. The van der Waals surface area contributed by atoms with Crippen LogP contribution in [0.3, 0.4) is 0 Å². The summed E-state index contributed by atoms with van der Waals surface area (Å²) in [6, 6.07) is 5.61. The summed E-state index contributed by atoms with van der Waals surface area (Å²) in [5.74, 6) is 0.677. The summed E-state index contributed by atoms with van der Waals surface area (Å²) in [6.45, 7) is 0.493. The number of primary amides is 1. The number of amides is 2. The highest BCUT2D eigenvalue weighted by atomic mass is 16.5. The molecule has 1 rings (SSSR count). The molecule has 0 aromatic heterocycles. The minimum absolute atomic E-state index is 0.0716. The van der Waals surface area contributed by atoms with E-state index in [1.54, 1.807) is 14.2 Å². The number of ether oxygens (including phenoxy) is 2. The number of carbonyl (C=O) groups is 2. The number of hydrogen-bond acceptors (Lipinski definition) is 4. The van der Waals surface area contributed by atoms with Crippen LogP contribution in [0.2, 0.25) is 0 Å². The van der Waals surface area contributed by atoms with E-state index in [4.69, 9.17) is 15.2 Å². The minimum Gasteiger partial charge on any atom is -0.493 e. The highest BCUT2D eigenvalue weighted by Gasteiger charge is 2.06. The molecular weight excluding hydrogens is 260 g/mol. The molecule has 20 heavy (non-hydrogen) atoms. The fraction of sp³-hybridized carbons (Fsp3) is 0.429. The lowest BCUT2D eigenvalue weighted by atomic mass is 10.1. The first-order valence-electron chi connectivity index (χ1n) is 6.32. The zero-order valence-electron chi connectivity index (χ0n) is 11.8.